The van der Waals surface area contributed by atoms with Crippen molar-refractivity contribution in [1.82, 2.24) is 0 Å². The highest BCUT2D eigenvalue weighted by molar-refractivity contribution is 7.89. The fourth-order valence-corrected chi connectivity index (χ4v) is 2.64. The summed E-state index contributed by atoms with van der Waals surface area (Å²) in [7, 11) is -3.82. The third-order valence-electron chi connectivity index (χ3n) is 2.68. The van der Waals surface area contributed by atoms with Gasteiger partial charge in [0.25, 0.3) is 0 Å². The van der Waals surface area contributed by atoms with Crippen LogP contribution >= 0.6 is 0 Å². The van der Waals surface area contributed by atoms with Crippen molar-refractivity contribution >= 4 is 10.0 Å². The summed E-state index contributed by atoms with van der Waals surface area (Å²) in [5.74, 6) is -0.563. The van der Waals surface area contributed by atoms with Crippen LogP contribution < -0.4 is 5.14 Å². The molecular weight excluding hydrogens is 241 g/mol. The Hall–Kier alpha value is -0.940. The van der Waals surface area contributed by atoms with E-state index in [4.69, 9.17) is 5.14 Å². The predicted molar refractivity (Wildman–Crippen MR) is 66.0 cm³/mol. The standard InChI is InChI=1S/C12H18FNO2S/c1-7(2)9-6-12(17(14,15)16)10(8(3)4)5-11(9)13/h5-8H,1-4H3,(H2,14,15,16). The topological polar surface area (TPSA) is 60.2 Å². The molecule has 0 atom stereocenters. The summed E-state index contributed by atoms with van der Waals surface area (Å²) in [6, 6.07) is 2.63. The van der Waals surface area contributed by atoms with E-state index < -0.39 is 10.0 Å². The van der Waals surface area contributed by atoms with Crippen LogP contribution in [0.1, 0.15) is 50.7 Å². The molecule has 0 aliphatic carbocycles. The maximum atomic E-state index is 13.8. The Morgan fingerprint density at radius 1 is 1.06 bits per heavy atom. The van der Waals surface area contributed by atoms with Gasteiger partial charge in [-0.05, 0) is 35.1 Å². The monoisotopic (exact) mass is 259 g/mol. The molecule has 3 nitrogen and oxygen atoms in total. The molecule has 96 valence electrons. The van der Waals surface area contributed by atoms with Gasteiger partial charge in [0.15, 0.2) is 0 Å². The molecule has 0 aliphatic heterocycles. The zero-order valence-electron chi connectivity index (χ0n) is 10.5. The van der Waals surface area contributed by atoms with Crippen LogP contribution in [0.3, 0.4) is 0 Å². The van der Waals surface area contributed by atoms with E-state index in [1.165, 1.54) is 12.1 Å². The lowest BCUT2D eigenvalue weighted by molar-refractivity contribution is 0.581. The Bertz CT molecular complexity index is 522. The van der Waals surface area contributed by atoms with Crippen LogP contribution in [0.25, 0.3) is 0 Å². The van der Waals surface area contributed by atoms with E-state index in [2.05, 4.69) is 0 Å². The largest absolute Gasteiger partial charge is 0.238 e. The number of halogens is 1. The molecule has 0 heterocycles. The van der Waals surface area contributed by atoms with Gasteiger partial charge < -0.3 is 0 Å². The van der Waals surface area contributed by atoms with Gasteiger partial charge in [-0.15, -0.1) is 0 Å². The molecule has 0 amide bonds. The quantitative estimate of drug-likeness (QED) is 0.907. The summed E-state index contributed by atoms with van der Waals surface area (Å²) in [4.78, 5) is 0.0256. The van der Waals surface area contributed by atoms with E-state index in [1.807, 2.05) is 0 Å². The van der Waals surface area contributed by atoms with Gasteiger partial charge in [0, 0.05) is 0 Å². The molecule has 1 rings (SSSR count). The lowest BCUT2D eigenvalue weighted by Gasteiger charge is -2.15. The van der Waals surface area contributed by atoms with Crippen molar-refractivity contribution in [2.24, 2.45) is 5.14 Å². The van der Waals surface area contributed by atoms with Gasteiger partial charge in [0.2, 0.25) is 10.0 Å². The van der Waals surface area contributed by atoms with Crippen molar-refractivity contribution in [1.29, 1.82) is 0 Å². The Morgan fingerprint density at radius 3 is 1.88 bits per heavy atom. The minimum atomic E-state index is -3.82. The number of benzene rings is 1. The smallest absolute Gasteiger partial charge is 0.225 e. The van der Waals surface area contributed by atoms with E-state index in [9.17, 15) is 12.8 Å². The van der Waals surface area contributed by atoms with Gasteiger partial charge in [-0.2, -0.15) is 0 Å². The molecule has 0 spiro atoms. The SMILES string of the molecule is CC(C)c1cc(S(N)(=O)=O)c(C(C)C)cc1F. The Balaban J connectivity index is 3.60. The Morgan fingerprint density at radius 2 is 1.53 bits per heavy atom. The molecule has 17 heavy (non-hydrogen) atoms. The molecule has 1 aromatic carbocycles. The molecule has 0 aromatic heterocycles. The van der Waals surface area contributed by atoms with Crippen LogP contribution in [0, 0.1) is 5.82 Å². The third kappa shape index (κ3) is 3.04. The first-order valence-electron chi connectivity index (χ1n) is 5.50. The van der Waals surface area contributed by atoms with E-state index in [0.29, 0.717) is 11.1 Å². The molecule has 0 saturated carbocycles. The Kier molecular flexibility index (Phi) is 3.94. The molecular formula is C12H18FNO2S. The fraction of sp³-hybridized carbons (Fsp3) is 0.500. The summed E-state index contributed by atoms with van der Waals surface area (Å²) in [6.45, 7) is 7.22. The van der Waals surface area contributed by atoms with Gasteiger partial charge >= 0.3 is 0 Å². The van der Waals surface area contributed by atoms with Gasteiger partial charge in [-0.25, -0.2) is 17.9 Å². The first kappa shape index (κ1) is 14.1. The van der Waals surface area contributed by atoms with Crippen LogP contribution in [-0.2, 0) is 10.0 Å². The second kappa shape index (κ2) is 4.74. The number of nitrogens with two attached hydrogens (primary N) is 1. The van der Waals surface area contributed by atoms with Crippen LogP contribution in [-0.4, -0.2) is 8.42 Å². The maximum absolute atomic E-state index is 13.8. The Labute approximate surface area is 102 Å². The van der Waals surface area contributed by atoms with Gasteiger partial charge in [0.1, 0.15) is 5.82 Å². The molecule has 1 aromatic rings. The number of hydrogen-bond donors (Lipinski definition) is 1. The summed E-state index contributed by atoms with van der Waals surface area (Å²) < 4.78 is 36.8. The molecule has 0 saturated heterocycles. The zero-order chi connectivity index (χ0) is 13.4. The van der Waals surface area contributed by atoms with Crippen molar-refractivity contribution in [3.05, 3.63) is 29.1 Å². The molecule has 5 heteroatoms. The number of hydrogen-bond acceptors (Lipinski definition) is 2. The van der Waals surface area contributed by atoms with Crippen molar-refractivity contribution in [3.8, 4) is 0 Å². The van der Waals surface area contributed by atoms with Crippen LogP contribution in [0.4, 0.5) is 4.39 Å². The number of primary sulfonamides is 1. The second-order valence-corrected chi connectivity index (χ2v) is 6.30. The first-order chi connectivity index (χ1) is 7.64. The molecule has 0 aliphatic rings. The van der Waals surface area contributed by atoms with Crippen molar-refractivity contribution in [3.63, 3.8) is 0 Å². The summed E-state index contributed by atoms with van der Waals surface area (Å²) >= 11 is 0. The van der Waals surface area contributed by atoms with Crippen LogP contribution in [0.5, 0.6) is 0 Å². The third-order valence-corrected chi connectivity index (χ3v) is 3.65. The van der Waals surface area contributed by atoms with Gasteiger partial charge in [-0.3, -0.25) is 0 Å². The van der Waals surface area contributed by atoms with E-state index >= 15 is 0 Å². The van der Waals surface area contributed by atoms with Crippen molar-refractivity contribution in [2.75, 3.05) is 0 Å². The van der Waals surface area contributed by atoms with Gasteiger partial charge in [-0.1, -0.05) is 27.7 Å². The molecule has 0 fully saturated rings. The zero-order valence-corrected chi connectivity index (χ0v) is 11.3. The average molecular weight is 259 g/mol. The number of rotatable bonds is 3. The summed E-state index contributed by atoms with van der Waals surface area (Å²) in [6.07, 6.45) is 0. The lowest BCUT2D eigenvalue weighted by atomic mass is 9.96. The maximum Gasteiger partial charge on any atom is 0.238 e. The minimum Gasteiger partial charge on any atom is -0.225 e. The molecule has 0 unspecified atom stereocenters. The van der Waals surface area contributed by atoms with E-state index in [-0.39, 0.29) is 22.5 Å². The van der Waals surface area contributed by atoms with Crippen LogP contribution in [0.2, 0.25) is 0 Å². The lowest BCUT2D eigenvalue weighted by Crippen LogP contribution is -2.16. The summed E-state index contributed by atoms with van der Waals surface area (Å²) in [5, 5.41) is 5.16. The molecule has 0 radical (unpaired) electrons. The van der Waals surface area contributed by atoms with Crippen molar-refractivity contribution < 1.29 is 12.8 Å². The normalized spacial score (nSPS) is 12.5. The predicted octanol–water partition coefficient (Wildman–Crippen LogP) is 2.72. The first-order valence-corrected chi connectivity index (χ1v) is 7.05. The fourth-order valence-electron chi connectivity index (χ4n) is 1.72. The highest BCUT2D eigenvalue weighted by Crippen LogP contribution is 2.29. The highest BCUT2D eigenvalue weighted by Gasteiger charge is 2.20. The summed E-state index contributed by atoms with van der Waals surface area (Å²) in [5.41, 5.74) is 0.799. The van der Waals surface area contributed by atoms with Gasteiger partial charge in [0.05, 0.1) is 4.90 Å². The van der Waals surface area contributed by atoms with E-state index in [0.717, 1.165) is 0 Å². The second-order valence-electron chi connectivity index (χ2n) is 4.77. The molecule has 0 bridgehead atoms. The van der Waals surface area contributed by atoms with Crippen LogP contribution in [0.15, 0.2) is 17.0 Å². The number of sulfonamides is 1. The average Bonchev–Trinajstić information content (AvgIpc) is 2.14. The van der Waals surface area contributed by atoms with Crippen molar-refractivity contribution in [2.45, 2.75) is 44.4 Å². The molecule has 2 N–H and O–H groups in total. The minimum absolute atomic E-state index is 0.0256. The van der Waals surface area contributed by atoms with E-state index in [1.54, 1.807) is 27.7 Å². The highest BCUT2D eigenvalue weighted by atomic mass is 32.2.